The summed E-state index contributed by atoms with van der Waals surface area (Å²) < 4.78 is 20.5. The molecule has 7 nitrogen and oxygen atoms in total. The number of thiazole rings is 1. The maximum atomic E-state index is 13.7. The number of para-hydroxylation sites is 1. The zero-order valence-electron chi connectivity index (χ0n) is 14.6. The molecule has 142 valence electrons. The maximum Gasteiger partial charge on any atom is 0.356 e. The first-order chi connectivity index (χ1) is 13.5. The fourth-order valence-corrected chi connectivity index (χ4v) is 3.93. The Balaban J connectivity index is 1.72. The quantitative estimate of drug-likeness (QED) is 0.516. The number of aromatic nitrogens is 2. The van der Waals surface area contributed by atoms with Crippen molar-refractivity contribution in [2.75, 3.05) is 12.4 Å². The Morgan fingerprint density at radius 3 is 2.82 bits per heavy atom. The lowest BCUT2D eigenvalue weighted by Crippen LogP contribution is -2.25. The van der Waals surface area contributed by atoms with E-state index < -0.39 is 17.7 Å². The molecule has 0 aliphatic carbocycles. The van der Waals surface area contributed by atoms with E-state index in [9.17, 15) is 18.8 Å². The number of hydrogen-bond donors (Lipinski definition) is 2. The molecule has 4 aromatic rings. The van der Waals surface area contributed by atoms with E-state index in [2.05, 4.69) is 10.3 Å². The van der Waals surface area contributed by atoms with Gasteiger partial charge in [0.2, 0.25) is 5.91 Å². The maximum absolute atomic E-state index is 13.7. The van der Waals surface area contributed by atoms with E-state index in [-0.39, 0.29) is 22.8 Å². The van der Waals surface area contributed by atoms with Crippen LogP contribution in [0, 0.1) is 5.82 Å². The number of nitrogens with one attached hydrogen (secondary N) is 2. The predicted octanol–water partition coefficient (Wildman–Crippen LogP) is 3.11. The number of aromatic amines is 1. The van der Waals surface area contributed by atoms with Gasteiger partial charge in [-0.15, -0.1) is 0 Å². The number of rotatable bonds is 4. The number of amides is 1. The van der Waals surface area contributed by atoms with Gasteiger partial charge >= 0.3 is 10.8 Å². The number of methoxy groups -OCH3 is 1. The van der Waals surface area contributed by atoms with Crippen LogP contribution in [0.2, 0.25) is 0 Å². The molecule has 4 rings (SSSR count). The SMILES string of the molecule is COC(=O)c1[nH]c2ccc(F)cc2c1NC(=O)Cn1c(=O)sc2ccccc21. The average Bonchev–Trinajstić information content (AvgIpc) is 3.19. The molecule has 0 spiro atoms. The number of carbonyl (C=O) groups excluding carboxylic acids is 2. The summed E-state index contributed by atoms with van der Waals surface area (Å²) >= 11 is 1.04. The van der Waals surface area contributed by atoms with E-state index in [0.717, 1.165) is 16.0 Å². The van der Waals surface area contributed by atoms with E-state index in [0.29, 0.717) is 16.4 Å². The third-order valence-corrected chi connectivity index (χ3v) is 5.25. The average molecular weight is 399 g/mol. The Morgan fingerprint density at radius 1 is 1.25 bits per heavy atom. The zero-order chi connectivity index (χ0) is 19.8. The molecule has 2 aromatic carbocycles. The summed E-state index contributed by atoms with van der Waals surface area (Å²) in [5, 5.41) is 2.94. The van der Waals surface area contributed by atoms with Crippen molar-refractivity contribution in [2.24, 2.45) is 0 Å². The van der Waals surface area contributed by atoms with Crippen molar-refractivity contribution >= 4 is 50.0 Å². The standard InChI is InChI=1S/C19H14FN3O4S/c1-27-18(25)17-16(11-8-10(20)6-7-12(11)21-17)22-15(24)9-23-13-4-2-3-5-14(13)28-19(23)26/h2-8,21H,9H2,1H3,(H,22,24). The minimum Gasteiger partial charge on any atom is -0.464 e. The molecule has 2 aromatic heterocycles. The highest BCUT2D eigenvalue weighted by Gasteiger charge is 2.21. The van der Waals surface area contributed by atoms with Crippen LogP contribution in [-0.2, 0) is 16.1 Å². The van der Waals surface area contributed by atoms with Crippen molar-refractivity contribution in [3.63, 3.8) is 0 Å². The van der Waals surface area contributed by atoms with Crippen LogP contribution >= 0.6 is 11.3 Å². The van der Waals surface area contributed by atoms with Crippen LogP contribution in [0.15, 0.2) is 47.3 Å². The minimum absolute atomic E-state index is 0.000950. The van der Waals surface area contributed by atoms with E-state index >= 15 is 0 Å². The summed E-state index contributed by atoms with van der Waals surface area (Å²) in [5.74, 6) is -1.75. The van der Waals surface area contributed by atoms with Gasteiger partial charge in [0.25, 0.3) is 0 Å². The van der Waals surface area contributed by atoms with Gasteiger partial charge in [0.05, 0.1) is 23.0 Å². The molecule has 0 saturated heterocycles. The Hall–Kier alpha value is -3.46. The molecule has 0 fully saturated rings. The summed E-state index contributed by atoms with van der Waals surface area (Å²) in [4.78, 5) is 39.5. The Bertz CT molecular complexity index is 1290. The summed E-state index contributed by atoms with van der Waals surface area (Å²) in [6.07, 6.45) is 0. The number of hydrogen-bond acceptors (Lipinski definition) is 5. The van der Waals surface area contributed by atoms with E-state index in [4.69, 9.17) is 4.74 Å². The molecule has 0 atom stereocenters. The summed E-state index contributed by atoms with van der Waals surface area (Å²) in [5.41, 5.74) is 1.22. The summed E-state index contributed by atoms with van der Waals surface area (Å²) in [6.45, 7) is -0.245. The highest BCUT2D eigenvalue weighted by molar-refractivity contribution is 7.16. The van der Waals surface area contributed by atoms with Crippen molar-refractivity contribution in [2.45, 2.75) is 6.54 Å². The van der Waals surface area contributed by atoms with Crippen molar-refractivity contribution in [1.29, 1.82) is 0 Å². The van der Waals surface area contributed by atoms with Gasteiger partial charge in [0.1, 0.15) is 18.1 Å². The highest BCUT2D eigenvalue weighted by atomic mass is 32.1. The van der Waals surface area contributed by atoms with Crippen LogP contribution in [0.4, 0.5) is 10.1 Å². The lowest BCUT2D eigenvalue weighted by atomic mass is 10.2. The molecular formula is C19H14FN3O4S. The third-order valence-electron chi connectivity index (χ3n) is 4.29. The van der Waals surface area contributed by atoms with Gasteiger partial charge < -0.3 is 15.0 Å². The van der Waals surface area contributed by atoms with Crippen molar-refractivity contribution in [3.05, 3.63) is 63.6 Å². The number of ether oxygens (including phenoxy) is 1. The number of carbonyl (C=O) groups is 2. The van der Waals surface area contributed by atoms with Gasteiger partial charge in [-0.1, -0.05) is 23.5 Å². The molecule has 0 aliphatic heterocycles. The van der Waals surface area contributed by atoms with Gasteiger partial charge in [0, 0.05) is 10.9 Å². The fraction of sp³-hybridized carbons (Fsp3) is 0.105. The van der Waals surface area contributed by atoms with Gasteiger partial charge in [0.15, 0.2) is 0 Å². The summed E-state index contributed by atoms with van der Waals surface area (Å²) in [7, 11) is 1.21. The molecule has 0 aliphatic rings. The van der Waals surface area contributed by atoms with E-state index in [1.54, 1.807) is 18.2 Å². The van der Waals surface area contributed by atoms with Crippen LogP contribution in [0.1, 0.15) is 10.5 Å². The van der Waals surface area contributed by atoms with E-state index in [1.165, 1.54) is 29.9 Å². The number of H-pyrrole nitrogens is 1. The molecule has 0 saturated carbocycles. The zero-order valence-corrected chi connectivity index (χ0v) is 15.4. The number of fused-ring (bicyclic) bond motifs is 2. The van der Waals surface area contributed by atoms with Crippen LogP contribution in [-0.4, -0.2) is 28.5 Å². The first-order valence-electron chi connectivity index (χ1n) is 8.25. The van der Waals surface area contributed by atoms with Gasteiger partial charge in [-0.25, -0.2) is 9.18 Å². The molecule has 0 unspecified atom stereocenters. The lowest BCUT2D eigenvalue weighted by molar-refractivity contribution is -0.116. The lowest BCUT2D eigenvalue weighted by Gasteiger charge is -2.08. The molecule has 0 bridgehead atoms. The van der Waals surface area contributed by atoms with Crippen LogP contribution in [0.25, 0.3) is 21.1 Å². The van der Waals surface area contributed by atoms with Gasteiger partial charge in [-0.2, -0.15) is 0 Å². The normalized spacial score (nSPS) is 11.1. The second kappa shape index (κ2) is 6.93. The molecule has 0 radical (unpaired) electrons. The predicted molar refractivity (Wildman–Crippen MR) is 104 cm³/mol. The third kappa shape index (κ3) is 3.05. The highest BCUT2D eigenvalue weighted by Crippen LogP contribution is 2.29. The summed E-state index contributed by atoms with van der Waals surface area (Å²) in [6, 6.07) is 11.0. The van der Waals surface area contributed by atoms with Gasteiger partial charge in [-0.05, 0) is 30.3 Å². The van der Waals surface area contributed by atoms with Crippen LogP contribution < -0.4 is 10.2 Å². The van der Waals surface area contributed by atoms with Crippen molar-refractivity contribution < 1.29 is 18.7 Å². The molecular weight excluding hydrogens is 385 g/mol. The minimum atomic E-state index is -0.704. The Labute approximate surface area is 161 Å². The number of benzene rings is 2. The van der Waals surface area contributed by atoms with E-state index in [1.807, 2.05) is 6.07 Å². The van der Waals surface area contributed by atoms with Crippen molar-refractivity contribution in [3.8, 4) is 0 Å². The number of esters is 1. The van der Waals surface area contributed by atoms with Crippen LogP contribution in [0.5, 0.6) is 0 Å². The monoisotopic (exact) mass is 399 g/mol. The van der Waals surface area contributed by atoms with Crippen molar-refractivity contribution in [1.82, 2.24) is 9.55 Å². The number of anilines is 1. The first-order valence-corrected chi connectivity index (χ1v) is 9.07. The molecule has 28 heavy (non-hydrogen) atoms. The Kier molecular flexibility index (Phi) is 4.44. The topological polar surface area (TPSA) is 93.2 Å². The second-order valence-electron chi connectivity index (χ2n) is 6.03. The molecule has 1 amide bonds. The number of halogens is 1. The van der Waals surface area contributed by atoms with Gasteiger partial charge in [-0.3, -0.25) is 14.2 Å². The number of nitrogens with zero attached hydrogens (tertiary/aromatic N) is 1. The Morgan fingerprint density at radius 2 is 2.04 bits per heavy atom. The van der Waals surface area contributed by atoms with Crippen LogP contribution in [0.3, 0.4) is 0 Å². The fourth-order valence-electron chi connectivity index (χ4n) is 3.04. The second-order valence-corrected chi connectivity index (χ2v) is 7.02. The molecule has 2 N–H and O–H groups in total. The molecule has 9 heteroatoms. The molecule has 2 heterocycles. The largest absolute Gasteiger partial charge is 0.464 e. The smallest absolute Gasteiger partial charge is 0.356 e. The first kappa shape index (κ1) is 17.9.